The molecule has 1 unspecified atom stereocenters. The van der Waals surface area contributed by atoms with Crippen LogP contribution in [0.5, 0.6) is 0 Å². The second-order valence-corrected chi connectivity index (χ2v) is 4.78. The largest absolute Gasteiger partial charge is 0.393 e. The van der Waals surface area contributed by atoms with Crippen molar-refractivity contribution in [3.05, 3.63) is 0 Å². The van der Waals surface area contributed by atoms with Gasteiger partial charge < -0.3 is 5.11 Å². The Labute approximate surface area is 73.6 Å². The van der Waals surface area contributed by atoms with Gasteiger partial charge in [-0.3, -0.25) is 0 Å². The maximum Gasteiger partial charge on any atom is 0.0602 e. The SMILES string of the molecule is CC(O)CSC1CCCCC1. The number of aliphatic hydroxyl groups is 1. The van der Waals surface area contributed by atoms with Crippen LogP contribution in [0.25, 0.3) is 0 Å². The van der Waals surface area contributed by atoms with E-state index in [4.69, 9.17) is 5.11 Å². The van der Waals surface area contributed by atoms with Crippen LogP contribution in [0.2, 0.25) is 0 Å². The summed E-state index contributed by atoms with van der Waals surface area (Å²) in [6.45, 7) is 1.87. The fraction of sp³-hybridized carbons (Fsp3) is 1.00. The molecular formula is C9H18OS. The maximum atomic E-state index is 9.06. The first-order valence-corrected chi connectivity index (χ1v) is 5.63. The van der Waals surface area contributed by atoms with Crippen LogP contribution in [-0.2, 0) is 0 Å². The Kier molecular flexibility index (Phi) is 4.31. The van der Waals surface area contributed by atoms with E-state index in [0.717, 1.165) is 11.0 Å². The van der Waals surface area contributed by atoms with Gasteiger partial charge in [0.1, 0.15) is 0 Å². The third-order valence-electron chi connectivity index (χ3n) is 2.13. The van der Waals surface area contributed by atoms with Crippen molar-refractivity contribution < 1.29 is 5.11 Å². The van der Waals surface area contributed by atoms with E-state index < -0.39 is 0 Å². The second kappa shape index (κ2) is 5.04. The molecule has 0 saturated heterocycles. The minimum absolute atomic E-state index is 0.123. The minimum atomic E-state index is -0.123. The lowest BCUT2D eigenvalue weighted by atomic mass is 10.0. The van der Waals surface area contributed by atoms with Crippen LogP contribution in [0.4, 0.5) is 0 Å². The molecular weight excluding hydrogens is 156 g/mol. The first kappa shape index (κ1) is 9.40. The monoisotopic (exact) mass is 174 g/mol. The van der Waals surface area contributed by atoms with Gasteiger partial charge in [0.15, 0.2) is 0 Å². The van der Waals surface area contributed by atoms with Crippen molar-refractivity contribution in [2.75, 3.05) is 5.75 Å². The average molecular weight is 174 g/mol. The molecule has 0 heterocycles. The van der Waals surface area contributed by atoms with Gasteiger partial charge in [-0.2, -0.15) is 11.8 Å². The average Bonchev–Trinajstić information content (AvgIpc) is 2.03. The zero-order valence-corrected chi connectivity index (χ0v) is 8.07. The van der Waals surface area contributed by atoms with E-state index >= 15 is 0 Å². The number of rotatable bonds is 3. The lowest BCUT2D eigenvalue weighted by Crippen LogP contribution is -2.12. The Morgan fingerprint density at radius 1 is 1.36 bits per heavy atom. The molecule has 0 amide bonds. The summed E-state index contributed by atoms with van der Waals surface area (Å²) in [5.41, 5.74) is 0. The molecule has 0 aliphatic heterocycles. The highest BCUT2D eigenvalue weighted by Gasteiger charge is 2.13. The molecule has 1 rings (SSSR count). The van der Waals surface area contributed by atoms with Gasteiger partial charge in [-0.05, 0) is 19.8 Å². The highest BCUT2D eigenvalue weighted by molar-refractivity contribution is 7.99. The molecule has 11 heavy (non-hydrogen) atoms. The molecule has 1 atom stereocenters. The standard InChI is InChI=1S/C9H18OS/c1-8(10)7-11-9-5-3-2-4-6-9/h8-10H,2-7H2,1H3. The van der Waals surface area contributed by atoms with E-state index in [9.17, 15) is 0 Å². The lowest BCUT2D eigenvalue weighted by molar-refractivity contribution is 0.220. The topological polar surface area (TPSA) is 20.2 Å². The molecule has 0 aromatic rings. The summed E-state index contributed by atoms with van der Waals surface area (Å²) in [6, 6.07) is 0. The number of thioether (sulfide) groups is 1. The van der Waals surface area contributed by atoms with E-state index in [0.29, 0.717) is 0 Å². The molecule has 2 heteroatoms. The van der Waals surface area contributed by atoms with Crippen molar-refractivity contribution in [1.29, 1.82) is 0 Å². The van der Waals surface area contributed by atoms with Gasteiger partial charge in [0.25, 0.3) is 0 Å². The Balaban J connectivity index is 2.05. The minimum Gasteiger partial charge on any atom is -0.393 e. The van der Waals surface area contributed by atoms with Gasteiger partial charge >= 0.3 is 0 Å². The quantitative estimate of drug-likeness (QED) is 0.709. The Hall–Kier alpha value is 0.310. The molecule has 1 N–H and O–H groups in total. The fourth-order valence-corrected chi connectivity index (χ4v) is 2.72. The Bertz CT molecular complexity index is 97.7. The highest BCUT2D eigenvalue weighted by Crippen LogP contribution is 2.28. The van der Waals surface area contributed by atoms with E-state index in [-0.39, 0.29) is 6.10 Å². The van der Waals surface area contributed by atoms with Crippen molar-refractivity contribution in [2.45, 2.75) is 50.4 Å². The van der Waals surface area contributed by atoms with Crippen molar-refractivity contribution >= 4 is 11.8 Å². The van der Waals surface area contributed by atoms with Gasteiger partial charge in [-0.25, -0.2) is 0 Å². The third-order valence-corrected chi connectivity index (χ3v) is 3.74. The smallest absolute Gasteiger partial charge is 0.0602 e. The van der Waals surface area contributed by atoms with Crippen LogP contribution >= 0.6 is 11.8 Å². The highest BCUT2D eigenvalue weighted by atomic mass is 32.2. The molecule has 1 fully saturated rings. The number of hydrogen-bond donors (Lipinski definition) is 1. The summed E-state index contributed by atoms with van der Waals surface area (Å²) >= 11 is 1.96. The lowest BCUT2D eigenvalue weighted by Gasteiger charge is -2.21. The van der Waals surface area contributed by atoms with E-state index in [1.54, 1.807) is 0 Å². The normalized spacial score (nSPS) is 23.5. The maximum absolute atomic E-state index is 9.06. The first-order chi connectivity index (χ1) is 5.29. The van der Waals surface area contributed by atoms with Crippen LogP contribution in [0.3, 0.4) is 0 Å². The summed E-state index contributed by atoms with van der Waals surface area (Å²) in [7, 11) is 0. The summed E-state index contributed by atoms with van der Waals surface area (Å²) in [5.74, 6) is 0.921. The molecule has 1 nitrogen and oxygen atoms in total. The molecule has 0 spiro atoms. The van der Waals surface area contributed by atoms with E-state index in [2.05, 4.69) is 0 Å². The van der Waals surface area contributed by atoms with E-state index in [1.807, 2.05) is 18.7 Å². The summed E-state index contributed by atoms with van der Waals surface area (Å²) in [5, 5.41) is 9.91. The second-order valence-electron chi connectivity index (χ2n) is 3.44. The van der Waals surface area contributed by atoms with Gasteiger partial charge in [0.05, 0.1) is 6.10 Å². The molecule has 1 aliphatic carbocycles. The van der Waals surface area contributed by atoms with Crippen molar-refractivity contribution in [3.8, 4) is 0 Å². The van der Waals surface area contributed by atoms with Gasteiger partial charge in [-0.1, -0.05) is 19.3 Å². The molecule has 66 valence electrons. The number of aliphatic hydroxyl groups excluding tert-OH is 1. The van der Waals surface area contributed by atoms with Crippen LogP contribution in [0.1, 0.15) is 39.0 Å². The van der Waals surface area contributed by atoms with Gasteiger partial charge in [0, 0.05) is 11.0 Å². The Morgan fingerprint density at radius 3 is 2.55 bits per heavy atom. The Morgan fingerprint density at radius 2 is 2.00 bits per heavy atom. The van der Waals surface area contributed by atoms with Crippen LogP contribution in [0, 0.1) is 0 Å². The molecule has 0 aromatic carbocycles. The summed E-state index contributed by atoms with van der Waals surface area (Å²) in [6.07, 6.45) is 6.84. The fourth-order valence-electron chi connectivity index (χ4n) is 1.51. The summed E-state index contributed by atoms with van der Waals surface area (Å²) < 4.78 is 0. The predicted octanol–water partition coefficient (Wildman–Crippen LogP) is 2.43. The summed E-state index contributed by atoms with van der Waals surface area (Å²) in [4.78, 5) is 0. The molecule has 1 saturated carbocycles. The van der Waals surface area contributed by atoms with Crippen LogP contribution < -0.4 is 0 Å². The molecule has 0 aromatic heterocycles. The zero-order valence-electron chi connectivity index (χ0n) is 7.25. The van der Waals surface area contributed by atoms with Crippen LogP contribution in [0.15, 0.2) is 0 Å². The van der Waals surface area contributed by atoms with Gasteiger partial charge in [-0.15, -0.1) is 0 Å². The first-order valence-electron chi connectivity index (χ1n) is 4.58. The van der Waals surface area contributed by atoms with Crippen molar-refractivity contribution in [3.63, 3.8) is 0 Å². The molecule has 0 radical (unpaired) electrons. The third kappa shape index (κ3) is 4.02. The van der Waals surface area contributed by atoms with Crippen LogP contribution in [-0.4, -0.2) is 22.2 Å². The van der Waals surface area contributed by atoms with Gasteiger partial charge in [0.2, 0.25) is 0 Å². The number of hydrogen-bond acceptors (Lipinski definition) is 2. The molecule has 1 aliphatic rings. The van der Waals surface area contributed by atoms with Crippen molar-refractivity contribution in [1.82, 2.24) is 0 Å². The van der Waals surface area contributed by atoms with Crippen molar-refractivity contribution in [2.24, 2.45) is 0 Å². The molecule has 0 bridgehead atoms. The van der Waals surface area contributed by atoms with E-state index in [1.165, 1.54) is 32.1 Å². The predicted molar refractivity (Wildman–Crippen MR) is 51.0 cm³/mol. The zero-order chi connectivity index (χ0) is 8.10.